The Balaban J connectivity index is 1.60. The maximum atomic E-state index is 12.7. The van der Waals surface area contributed by atoms with Gasteiger partial charge in [0, 0.05) is 17.9 Å². The molecule has 0 unspecified atom stereocenters. The van der Waals surface area contributed by atoms with Crippen molar-refractivity contribution >= 4 is 27.9 Å². The highest BCUT2D eigenvalue weighted by Crippen LogP contribution is 2.31. The largest absolute Gasteiger partial charge is 0.340 e. The van der Waals surface area contributed by atoms with Crippen LogP contribution in [0, 0.1) is 0 Å². The lowest BCUT2D eigenvalue weighted by Crippen LogP contribution is -2.37. The number of nitrogens with one attached hydrogen (secondary N) is 2. The van der Waals surface area contributed by atoms with Crippen molar-refractivity contribution in [2.75, 3.05) is 18.4 Å². The fourth-order valence-electron chi connectivity index (χ4n) is 4.67. The number of benzene rings is 1. The summed E-state index contributed by atoms with van der Waals surface area (Å²) in [6.45, 7) is 14.7. The minimum atomic E-state index is -0.151. The fourth-order valence-corrected chi connectivity index (χ4v) is 4.67. The normalized spacial score (nSPS) is 15.9. The van der Waals surface area contributed by atoms with Gasteiger partial charge in [-0.3, -0.25) is 4.79 Å². The lowest BCUT2D eigenvalue weighted by atomic mass is 9.89. The number of aromatic nitrogens is 2. The van der Waals surface area contributed by atoms with Crippen LogP contribution in [-0.2, 0) is 0 Å². The molecule has 182 valence electrons. The lowest BCUT2D eigenvalue weighted by molar-refractivity contribution is 0.172. The molecule has 0 atom stereocenters. The summed E-state index contributed by atoms with van der Waals surface area (Å²) in [7, 11) is 0. The summed E-state index contributed by atoms with van der Waals surface area (Å²) >= 11 is 0. The van der Waals surface area contributed by atoms with Crippen LogP contribution in [0.5, 0.6) is 0 Å². The molecule has 0 bridgehead atoms. The molecule has 5 nitrogen and oxygen atoms in total. The molecule has 0 saturated carbocycles. The van der Waals surface area contributed by atoms with Crippen molar-refractivity contribution in [2.24, 2.45) is 0 Å². The molecule has 1 aliphatic heterocycles. The van der Waals surface area contributed by atoms with Crippen molar-refractivity contribution < 1.29 is 0 Å². The zero-order chi connectivity index (χ0) is 24.9. The molecule has 2 aromatic heterocycles. The van der Waals surface area contributed by atoms with Crippen molar-refractivity contribution in [3.63, 3.8) is 0 Å². The highest BCUT2D eigenvalue weighted by Gasteiger charge is 2.22. The van der Waals surface area contributed by atoms with Gasteiger partial charge >= 0.3 is 0 Å². The molecule has 3 aromatic rings. The van der Waals surface area contributed by atoms with Gasteiger partial charge in [-0.15, -0.1) is 0 Å². The Labute approximate surface area is 208 Å². The first-order valence-electron chi connectivity index (χ1n) is 12.5. The van der Waals surface area contributed by atoms with E-state index in [4.69, 9.17) is 4.98 Å². The Morgan fingerprint density at radius 1 is 1.17 bits per heavy atom. The predicted molar refractivity (Wildman–Crippen MR) is 148 cm³/mol. The van der Waals surface area contributed by atoms with Gasteiger partial charge < -0.3 is 15.2 Å². The number of piperidine rings is 1. The number of nitrogens with zero attached hydrogens (tertiary/aromatic N) is 2. The number of pyridine rings is 2. The number of hydrogen-bond donors (Lipinski definition) is 2. The third kappa shape index (κ3) is 5.98. The molecule has 3 heterocycles. The van der Waals surface area contributed by atoms with Crippen molar-refractivity contribution in [3.8, 4) is 0 Å². The lowest BCUT2D eigenvalue weighted by Gasteiger charge is -2.34. The Bertz CT molecular complexity index is 1310. The number of fused-ring (bicyclic) bond motifs is 1. The average molecular weight is 469 g/mol. The molecule has 1 aliphatic rings. The maximum Gasteiger partial charge on any atom is 0.259 e. The Hall–Kier alpha value is -3.44. The first-order chi connectivity index (χ1) is 16.8. The van der Waals surface area contributed by atoms with E-state index in [1.54, 1.807) is 6.20 Å². The zero-order valence-electron chi connectivity index (χ0n) is 21.3. The molecular formula is C30H36N4O. The fraction of sp³-hybridized carbons (Fsp3) is 0.333. The number of rotatable bonds is 7. The molecule has 4 rings (SSSR count). The number of hydrogen-bond acceptors (Lipinski definition) is 4. The van der Waals surface area contributed by atoms with Gasteiger partial charge in [-0.2, -0.15) is 0 Å². The van der Waals surface area contributed by atoms with E-state index in [2.05, 4.69) is 59.9 Å². The van der Waals surface area contributed by atoms with E-state index in [0.29, 0.717) is 23.2 Å². The summed E-state index contributed by atoms with van der Waals surface area (Å²) in [6, 6.07) is 13.1. The van der Waals surface area contributed by atoms with Crippen LogP contribution >= 0.6 is 0 Å². The van der Waals surface area contributed by atoms with E-state index in [1.165, 1.54) is 18.4 Å². The van der Waals surface area contributed by atoms with Gasteiger partial charge in [0.05, 0.1) is 11.1 Å². The number of aromatic amines is 1. The van der Waals surface area contributed by atoms with E-state index in [1.807, 2.05) is 44.2 Å². The van der Waals surface area contributed by atoms with Crippen molar-refractivity contribution in [2.45, 2.75) is 52.5 Å². The van der Waals surface area contributed by atoms with Gasteiger partial charge in [0.2, 0.25) is 0 Å². The number of anilines is 2. The van der Waals surface area contributed by atoms with Gasteiger partial charge in [-0.1, -0.05) is 42.5 Å². The van der Waals surface area contributed by atoms with Gasteiger partial charge in [0.25, 0.3) is 5.56 Å². The van der Waals surface area contributed by atoms with E-state index in [9.17, 15) is 4.79 Å². The predicted octanol–water partition coefficient (Wildman–Crippen LogP) is 6.79. The van der Waals surface area contributed by atoms with Crippen LogP contribution in [0.15, 0.2) is 77.8 Å². The molecule has 0 aliphatic carbocycles. The zero-order valence-corrected chi connectivity index (χ0v) is 21.3. The Kier molecular flexibility index (Phi) is 7.67. The SMILES string of the molecule is C=C(C)/C=C\C=C(/C)c1cc2cc[nH]c(=O)c2c(Nc2ccc(C3CCN(C(C)C)CC3)cc2)n1. The molecule has 35 heavy (non-hydrogen) atoms. The third-order valence-corrected chi connectivity index (χ3v) is 6.79. The second-order valence-corrected chi connectivity index (χ2v) is 9.83. The van der Waals surface area contributed by atoms with Gasteiger partial charge in [0.15, 0.2) is 0 Å². The van der Waals surface area contributed by atoms with E-state index < -0.39 is 0 Å². The molecule has 1 aromatic carbocycles. The number of H-pyrrole nitrogens is 1. The summed E-state index contributed by atoms with van der Waals surface area (Å²) in [4.78, 5) is 22.8. The quantitative estimate of drug-likeness (QED) is 0.375. The topological polar surface area (TPSA) is 61.0 Å². The highest BCUT2D eigenvalue weighted by molar-refractivity contribution is 5.94. The monoisotopic (exact) mass is 468 g/mol. The molecule has 0 amide bonds. The molecule has 1 fully saturated rings. The molecule has 2 N–H and O–H groups in total. The minimum Gasteiger partial charge on any atom is -0.340 e. The molecular weight excluding hydrogens is 432 g/mol. The number of allylic oxidation sites excluding steroid dienone is 5. The van der Waals surface area contributed by atoms with Crippen LogP contribution in [0.4, 0.5) is 11.5 Å². The van der Waals surface area contributed by atoms with Crippen LogP contribution in [0.25, 0.3) is 16.3 Å². The standard InChI is InChI=1S/C30H36N4O/c1-20(2)7-6-8-22(5)27-19-25-13-16-31-30(35)28(25)29(33-27)32-26-11-9-23(10-12-26)24-14-17-34(18-15-24)21(3)4/h6-13,16,19,21,24H,1,14-15,17-18H2,2-5H3,(H,31,35)(H,32,33)/b7-6-,22-8+. The van der Waals surface area contributed by atoms with E-state index in [-0.39, 0.29) is 5.56 Å². The summed E-state index contributed by atoms with van der Waals surface area (Å²) in [5.41, 5.74) is 4.98. The van der Waals surface area contributed by atoms with E-state index >= 15 is 0 Å². The molecule has 0 radical (unpaired) electrons. The summed E-state index contributed by atoms with van der Waals surface area (Å²) in [5, 5.41) is 4.83. The van der Waals surface area contributed by atoms with Crippen LogP contribution in [0.1, 0.15) is 57.7 Å². The maximum absolute atomic E-state index is 12.7. The van der Waals surface area contributed by atoms with E-state index in [0.717, 1.165) is 41.0 Å². The average Bonchev–Trinajstić information content (AvgIpc) is 2.84. The number of likely N-dealkylation sites (tertiary alicyclic amines) is 1. The second kappa shape index (κ2) is 10.9. The van der Waals surface area contributed by atoms with Crippen LogP contribution in [-0.4, -0.2) is 34.0 Å². The van der Waals surface area contributed by atoms with Gasteiger partial charge in [0.1, 0.15) is 5.82 Å². The summed E-state index contributed by atoms with van der Waals surface area (Å²) in [6.07, 6.45) is 10.0. The molecule has 0 spiro atoms. The van der Waals surface area contributed by atoms with Crippen LogP contribution < -0.4 is 10.9 Å². The van der Waals surface area contributed by atoms with Crippen LogP contribution in [0.2, 0.25) is 0 Å². The van der Waals surface area contributed by atoms with Gasteiger partial charge in [-0.05, 0) is 100 Å². The molecule has 5 heteroatoms. The minimum absolute atomic E-state index is 0.151. The Morgan fingerprint density at radius 2 is 1.89 bits per heavy atom. The third-order valence-electron chi connectivity index (χ3n) is 6.79. The highest BCUT2D eigenvalue weighted by atomic mass is 16.1. The summed E-state index contributed by atoms with van der Waals surface area (Å²) < 4.78 is 0. The van der Waals surface area contributed by atoms with Gasteiger partial charge in [-0.25, -0.2) is 4.98 Å². The first kappa shape index (κ1) is 24.7. The first-order valence-corrected chi connectivity index (χ1v) is 12.5. The van der Waals surface area contributed by atoms with Crippen molar-refractivity contribution in [1.82, 2.24) is 14.9 Å². The second-order valence-electron chi connectivity index (χ2n) is 9.83. The summed E-state index contributed by atoms with van der Waals surface area (Å²) in [5.74, 6) is 1.16. The van der Waals surface area contributed by atoms with Crippen molar-refractivity contribution in [3.05, 3.63) is 94.6 Å². The molecule has 1 saturated heterocycles. The Morgan fingerprint density at radius 3 is 2.54 bits per heavy atom. The van der Waals surface area contributed by atoms with Crippen molar-refractivity contribution in [1.29, 1.82) is 0 Å². The smallest absolute Gasteiger partial charge is 0.259 e. The van der Waals surface area contributed by atoms with Crippen LogP contribution in [0.3, 0.4) is 0 Å².